The van der Waals surface area contributed by atoms with Crippen molar-refractivity contribution in [3.63, 3.8) is 0 Å². The lowest BCUT2D eigenvalue weighted by molar-refractivity contribution is -0.116. The second-order valence-corrected chi connectivity index (χ2v) is 6.04. The number of benzene rings is 1. The molecule has 3 aromatic rings. The maximum atomic E-state index is 12.0. The summed E-state index contributed by atoms with van der Waals surface area (Å²) in [5.41, 5.74) is 3.15. The Hall–Kier alpha value is -2.21. The SMILES string of the molecule is Cc1cccc2sc(NC(=O)CCc3cnn(C)c3)nc12. The van der Waals surface area contributed by atoms with Crippen molar-refractivity contribution in [3.8, 4) is 0 Å². The Labute approximate surface area is 126 Å². The van der Waals surface area contributed by atoms with Crippen LogP contribution in [0.2, 0.25) is 0 Å². The molecule has 5 nitrogen and oxygen atoms in total. The van der Waals surface area contributed by atoms with Crippen molar-refractivity contribution in [1.82, 2.24) is 14.8 Å². The lowest BCUT2D eigenvalue weighted by atomic mass is 10.2. The molecule has 0 aliphatic carbocycles. The molecule has 1 aromatic carbocycles. The van der Waals surface area contributed by atoms with Crippen molar-refractivity contribution in [1.29, 1.82) is 0 Å². The number of para-hydroxylation sites is 1. The Morgan fingerprint density at radius 1 is 1.43 bits per heavy atom. The van der Waals surface area contributed by atoms with E-state index in [0.29, 0.717) is 18.0 Å². The largest absolute Gasteiger partial charge is 0.302 e. The second kappa shape index (κ2) is 5.65. The summed E-state index contributed by atoms with van der Waals surface area (Å²) in [4.78, 5) is 16.5. The molecular formula is C15H16N4OS. The highest BCUT2D eigenvalue weighted by Crippen LogP contribution is 2.27. The molecule has 0 aliphatic rings. The van der Waals surface area contributed by atoms with E-state index in [4.69, 9.17) is 0 Å². The third-order valence-corrected chi connectivity index (χ3v) is 4.20. The fraction of sp³-hybridized carbons (Fsp3) is 0.267. The summed E-state index contributed by atoms with van der Waals surface area (Å²) >= 11 is 1.51. The van der Waals surface area contributed by atoms with Crippen LogP contribution in [-0.2, 0) is 18.3 Å². The van der Waals surface area contributed by atoms with Crippen LogP contribution in [0.5, 0.6) is 0 Å². The summed E-state index contributed by atoms with van der Waals surface area (Å²) in [6.45, 7) is 2.02. The van der Waals surface area contributed by atoms with Crippen molar-refractivity contribution in [2.75, 3.05) is 5.32 Å². The number of anilines is 1. The minimum absolute atomic E-state index is 0.0180. The maximum absolute atomic E-state index is 12.0. The van der Waals surface area contributed by atoms with Gasteiger partial charge >= 0.3 is 0 Å². The molecule has 1 amide bonds. The highest BCUT2D eigenvalue weighted by atomic mass is 32.1. The van der Waals surface area contributed by atoms with Gasteiger partial charge in [-0.1, -0.05) is 23.5 Å². The van der Waals surface area contributed by atoms with Crippen LogP contribution in [0.1, 0.15) is 17.5 Å². The molecular weight excluding hydrogens is 284 g/mol. The zero-order valence-electron chi connectivity index (χ0n) is 12.0. The fourth-order valence-electron chi connectivity index (χ4n) is 2.18. The Morgan fingerprint density at radius 2 is 2.29 bits per heavy atom. The van der Waals surface area contributed by atoms with E-state index < -0.39 is 0 Å². The van der Waals surface area contributed by atoms with Crippen molar-refractivity contribution in [2.24, 2.45) is 7.05 Å². The molecule has 0 spiro atoms. The van der Waals surface area contributed by atoms with E-state index in [9.17, 15) is 4.79 Å². The summed E-state index contributed by atoms with van der Waals surface area (Å²) in [5, 5.41) is 7.63. The van der Waals surface area contributed by atoms with Gasteiger partial charge in [-0.05, 0) is 30.5 Å². The third kappa shape index (κ3) is 3.11. The van der Waals surface area contributed by atoms with Gasteiger partial charge in [0.05, 0.1) is 16.4 Å². The van der Waals surface area contributed by atoms with Crippen LogP contribution in [-0.4, -0.2) is 20.7 Å². The van der Waals surface area contributed by atoms with Gasteiger partial charge < -0.3 is 5.32 Å². The maximum Gasteiger partial charge on any atom is 0.226 e. The number of aromatic nitrogens is 3. The molecule has 0 atom stereocenters. The average molecular weight is 300 g/mol. The molecule has 1 N–H and O–H groups in total. The minimum Gasteiger partial charge on any atom is -0.302 e. The first-order valence-electron chi connectivity index (χ1n) is 6.75. The average Bonchev–Trinajstić information content (AvgIpc) is 3.03. The van der Waals surface area contributed by atoms with Gasteiger partial charge in [-0.2, -0.15) is 5.10 Å². The molecule has 2 aromatic heterocycles. The van der Waals surface area contributed by atoms with Crippen LogP contribution in [0.15, 0.2) is 30.6 Å². The van der Waals surface area contributed by atoms with Gasteiger partial charge in [-0.15, -0.1) is 0 Å². The summed E-state index contributed by atoms with van der Waals surface area (Å²) in [5.74, 6) is -0.0180. The summed E-state index contributed by atoms with van der Waals surface area (Å²) in [7, 11) is 1.87. The molecule has 0 saturated carbocycles. The molecule has 0 radical (unpaired) electrons. The first-order valence-corrected chi connectivity index (χ1v) is 7.57. The molecule has 6 heteroatoms. The Morgan fingerprint density at radius 3 is 3.00 bits per heavy atom. The van der Waals surface area contributed by atoms with Crippen LogP contribution in [0.25, 0.3) is 10.2 Å². The molecule has 0 bridgehead atoms. The van der Waals surface area contributed by atoms with E-state index in [1.54, 1.807) is 10.9 Å². The first-order chi connectivity index (χ1) is 10.1. The first kappa shape index (κ1) is 13.8. The number of nitrogens with zero attached hydrogens (tertiary/aromatic N) is 3. The lowest BCUT2D eigenvalue weighted by Crippen LogP contribution is -2.11. The van der Waals surface area contributed by atoms with Crippen molar-refractivity contribution >= 4 is 32.6 Å². The Kier molecular flexibility index (Phi) is 3.70. The standard InChI is InChI=1S/C15H16N4OS/c1-10-4-3-5-12-14(10)18-15(21-12)17-13(20)7-6-11-8-16-19(2)9-11/h3-5,8-9H,6-7H2,1-2H3,(H,17,18,20). The van der Waals surface area contributed by atoms with E-state index in [-0.39, 0.29) is 5.91 Å². The lowest BCUT2D eigenvalue weighted by Gasteiger charge is -1.99. The number of hydrogen-bond acceptors (Lipinski definition) is 4. The Balaban J connectivity index is 1.64. The van der Waals surface area contributed by atoms with Gasteiger partial charge in [-0.3, -0.25) is 9.48 Å². The van der Waals surface area contributed by atoms with E-state index in [2.05, 4.69) is 15.4 Å². The molecule has 108 valence electrons. The predicted octanol–water partition coefficient (Wildman–Crippen LogP) is 2.91. The van der Waals surface area contributed by atoms with E-state index >= 15 is 0 Å². The quantitative estimate of drug-likeness (QED) is 0.806. The van der Waals surface area contributed by atoms with Crippen molar-refractivity contribution in [3.05, 3.63) is 41.7 Å². The van der Waals surface area contributed by atoms with E-state index in [1.807, 2.05) is 38.4 Å². The van der Waals surface area contributed by atoms with Gasteiger partial charge in [0, 0.05) is 19.7 Å². The second-order valence-electron chi connectivity index (χ2n) is 5.01. The number of carbonyl (C=O) groups excluding carboxylic acids is 1. The van der Waals surface area contributed by atoms with Gasteiger partial charge in [0.15, 0.2) is 5.13 Å². The minimum atomic E-state index is -0.0180. The molecule has 0 unspecified atom stereocenters. The smallest absolute Gasteiger partial charge is 0.226 e. The number of rotatable bonds is 4. The van der Waals surface area contributed by atoms with Crippen molar-refractivity contribution in [2.45, 2.75) is 19.8 Å². The number of fused-ring (bicyclic) bond motifs is 1. The summed E-state index contributed by atoms with van der Waals surface area (Å²) in [6, 6.07) is 6.05. The van der Waals surface area contributed by atoms with Crippen LogP contribution >= 0.6 is 11.3 Å². The molecule has 0 aliphatic heterocycles. The number of carbonyl (C=O) groups is 1. The monoisotopic (exact) mass is 300 g/mol. The van der Waals surface area contributed by atoms with Crippen LogP contribution in [0, 0.1) is 6.92 Å². The summed E-state index contributed by atoms with van der Waals surface area (Å²) < 4.78 is 2.83. The molecule has 21 heavy (non-hydrogen) atoms. The molecule has 0 saturated heterocycles. The third-order valence-electron chi connectivity index (χ3n) is 3.27. The predicted molar refractivity (Wildman–Crippen MR) is 84.5 cm³/mol. The molecule has 2 heterocycles. The van der Waals surface area contributed by atoms with Gasteiger partial charge in [0.25, 0.3) is 0 Å². The molecule has 0 fully saturated rings. The number of nitrogens with one attached hydrogen (secondary N) is 1. The van der Waals surface area contributed by atoms with Crippen LogP contribution in [0.3, 0.4) is 0 Å². The topological polar surface area (TPSA) is 59.8 Å². The highest BCUT2D eigenvalue weighted by molar-refractivity contribution is 7.22. The van der Waals surface area contributed by atoms with Gasteiger partial charge in [0.1, 0.15) is 0 Å². The zero-order valence-corrected chi connectivity index (χ0v) is 12.8. The summed E-state index contributed by atoms with van der Waals surface area (Å²) in [6.07, 6.45) is 4.83. The molecule has 3 rings (SSSR count). The number of hydrogen-bond donors (Lipinski definition) is 1. The number of thiazole rings is 1. The number of amides is 1. The van der Waals surface area contributed by atoms with Crippen LogP contribution < -0.4 is 5.32 Å². The Bertz CT molecular complexity index is 790. The van der Waals surface area contributed by atoms with Crippen molar-refractivity contribution < 1.29 is 4.79 Å². The van der Waals surface area contributed by atoms with E-state index in [1.165, 1.54) is 11.3 Å². The number of aryl methyl sites for hydroxylation is 3. The highest BCUT2D eigenvalue weighted by Gasteiger charge is 2.09. The van der Waals surface area contributed by atoms with Crippen LogP contribution in [0.4, 0.5) is 5.13 Å². The van der Waals surface area contributed by atoms with E-state index in [0.717, 1.165) is 21.3 Å². The zero-order chi connectivity index (χ0) is 14.8. The normalized spacial score (nSPS) is 11.0. The van der Waals surface area contributed by atoms with Gasteiger partial charge in [0.2, 0.25) is 5.91 Å². The van der Waals surface area contributed by atoms with Gasteiger partial charge in [-0.25, -0.2) is 4.98 Å². The fourth-order valence-corrected chi connectivity index (χ4v) is 3.14.